The Morgan fingerprint density at radius 1 is 1.55 bits per heavy atom. The summed E-state index contributed by atoms with van der Waals surface area (Å²) in [5, 5.41) is 2.90. The second-order valence-corrected chi connectivity index (χ2v) is 6.56. The molecule has 7 heteroatoms. The molecule has 116 valence electrons. The zero-order valence-corrected chi connectivity index (χ0v) is 14.9. The SMILES string of the molecule is CC=C(N[N-]C)c1sc(C2=C3C=CC=CN3[N-]C2C)nc1Br. The Kier molecular flexibility index (Phi) is 4.49. The summed E-state index contributed by atoms with van der Waals surface area (Å²) in [6, 6.07) is 0.0891. The van der Waals surface area contributed by atoms with E-state index in [1.54, 1.807) is 18.4 Å². The molecular formula is C15H16BrN5S-2. The van der Waals surface area contributed by atoms with E-state index in [0.29, 0.717) is 0 Å². The number of fused-ring (bicyclic) bond motifs is 1. The lowest BCUT2D eigenvalue weighted by Gasteiger charge is -2.33. The van der Waals surface area contributed by atoms with Gasteiger partial charge in [0.2, 0.25) is 0 Å². The average Bonchev–Trinajstić information content (AvgIpc) is 3.03. The highest BCUT2D eigenvalue weighted by molar-refractivity contribution is 9.10. The smallest absolute Gasteiger partial charge is 0.127 e. The molecule has 0 saturated carbocycles. The highest BCUT2D eigenvalue weighted by Crippen LogP contribution is 2.43. The van der Waals surface area contributed by atoms with Gasteiger partial charge in [0.15, 0.2) is 0 Å². The number of hydrogen-bond acceptors (Lipinski definition) is 4. The van der Waals surface area contributed by atoms with Crippen molar-refractivity contribution in [1.82, 2.24) is 15.4 Å². The molecule has 1 unspecified atom stereocenters. The molecule has 5 nitrogen and oxygen atoms in total. The van der Waals surface area contributed by atoms with Gasteiger partial charge in [0.1, 0.15) is 9.61 Å². The van der Waals surface area contributed by atoms with Gasteiger partial charge in [-0.1, -0.05) is 25.1 Å². The number of rotatable bonds is 4. The standard InChI is InChI=1S/C15H16BrN5S/c1-4-10(19-17-3)13-14(16)18-15(22-13)12-9(2)20-21-8-6-5-7-11(12)21/h4-9,19H,1-3H3/q-2. The Balaban J connectivity index is 2.03. The molecule has 0 amide bonds. The van der Waals surface area contributed by atoms with Crippen LogP contribution >= 0.6 is 27.3 Å². The number of hydrogen-bond donors (Lipinski definition) is 1. The normalized spacial score (nSPS) is 20.8. The summed E-state index contributed by atoms with van der Waals surface area (Å²) in [5.41, 5.74) is 14.8. The van der Waals surface area contributed by atoms with Crippen LogP contribution in [0, 0.1) is 0 Å². The largest absolute Gasteiger partial charge is 0.574 e. The molecule has 1 N–H and O–H groups in total. The maximum atomic E-state index is 4.70. The Labute approximate surface area is 142 Å². The van der Waals surface area contributed by atoms with Crippen LogP contribution in [0.4, 0.5) is 0 Å². The van der Waals surface area contributed by atoms with Crippen LogP contribution in [0.1, 0.15) is 23.7 Å². The zero-order chi connectivity index (χ0) is 15.7. The van der Waals surface area contributed by atoms with E-state index in [0.717, 1.165) is 31.5 Å². The van der Waals surface area contributed by atoms with Gasteiger partial charge in [-0.2, -0.15) is 0 Å². The molecule has 2 aliphatic heterocycles. The first-order valence-corrected chi connectivity index (χ1v) is 8.54. The van der Waals surface area contributed by atoms with Gasteiger partial charge in [-0.3, -0.25) is 0 Å². The molecule has 3 rings (SSSR count). The first kappa shape index (κ1) is 15.5. The Hall–Kier alpha value is -1.41. The predicted molar refractivity (Wildman–Crippen MR) is 95.7 cm³/mol. The molecule has 1 aromatic heterocycles. The topological polar surface area (TPSA) is 56.4 Å². The van der Waals surface area contributed by atoms with Crippen LogP contribution in [0.5, 0.6) is 0 Å². The molecule has 2 aliphatic rings. The summed E-state index contributed by atoms with van der Waals surface area (Å²) in [5.74, 6) is 0. The van der Waals surface area contributed by atoms with E-state index in [9.17, 15) is 0 Å². The van der Waals surface area contributed by atoms with Crippen molar-refractivity contribution in [2.45, 2.75) is 19.9 Å². The fourth-order valence-electron chi connectivity index (χ4n) is 2.44. The summed E-state index contributed by atoms with van der Waals surface area (Å²) < 4.78 is 0.825. The summed E-state index contributed by atoms with van der Waals surface area (Å²) in [6.45, 7) is 4.07. The van der Waals surface area contributed by atoms with Crippen LogP contribution in [-0.4, -0.2) is 23.1 Å². The molecule has 0 radical (unpaired) electrons. The van der Waals surface area contributed by atoms with Gasteiger partial charge in [0.05, 0.1) is 4.88 Å². The second kappa shape index (κ2) is 6.37. The molecule has 3 heterocycles. The number of halogens is 1. The van der Waals surface area contributed by atoms with Crippen molar-refractivity contribution in [3.05, 3.63) is 61.5 Å². The van der Waals surface area contributed by atoms with Crippen LogP contribution < -0.4 is 5.43 Å². The third kappa shape index (κ3) is 2.65. The van der Waals surface area contributed by atoms with E-state index < -0.39 is 0 Å². The lowest BCUT2D eigenvalue weighted by molar-refractivity contribution is 0.602. The van der Waals surface area contributed by atoms with Crippen molar-refractivity contribution in [1.29, 1.82) is 0 Å². The third-order valence-corrected chi connectivity index (χ3v) is 5.37. The van der Waals surface area contributed by atoms with E-state index in [1.165, 1.54) is 0 Å². The molecule has 1 aromatic rings. The number of aromatic nitrogens is 1. The highest BCUT2D eigenvalue weighted by atomic mass is 79.9. The molecule has 22 heavy (non-hydrogen) atoms. The number of allylic oxidation sites excluding steroid dienone is 4. The average molecular weight is 378 g/mol. The van der Waals surface area contributed by atoms with Gasteiger partial charge in [-0.15, -0.1) is 18.4 Å². The van der Waals surface area contributed by atoms with Gasteiger partial charge >= 0.3 is 0 Å². The van der Waals surface area contributed by atoms with Gasteiger partial charge in [-0.05, 0) is 46.8 Å². The summed E-state index contributed by atoms with van der Waals surface area (Å²) in [4.78, 5) is 5.73. The van der Waals surface area contributed by atoms with E-state index in [2.05, 4.69) is 45.2 Å². The Morgan fingerprint density at radius 2 is 2.36 bits per heavy atom. The molecule has 0 fully saturated rings. The first-order valence-electron chi connectivity index (χ1n) is 6.93. The monoisotopic (exact) mass is 377 g/mol. The maximum Gasteiger partial charge on any atom is 0.127 e. The molecule has 0 saturated heterocycles. The molecule has 0 aromatic carbocycles. The van der Waals surface area contributed by atoms with E-state index in [-0.39, 0.29) is 6.04 Å². The van der Waals surface area contributed by atoms with Crippen molar-refractivity contribution in [3.63, 3.8) is 0 Å². The fourth-order valence-corrected chi connectivity index (χ4v) is 4.31. The van der Waals surface area contributed by atoms with Crippen LogP contribution in [0.15, 0.2) is 40.8 Å². The quantitative estimate of drug-likeness (QED) is 0.782. The van der Waals surface area contributed by atoms with Crippen molar-refractivity contribution in [2.24, 2.45) is 0 Å². The Bertz CT molecular complexity index is 701. The summed E-state index contributed by atoms with van der Waals surface area (Å²) in [7, 11) is 1.72. The van der Waals surface area contributed by atoms with Crippen molar-refractivity contribution in [2.75, 3.05) is 7.05 Å². The summed E-state index contributed by atoms with van der Waals surface area (Å²) in [6.07, 6.45) is 10.0. The summed E-state index contributed by atoms with van der Waals surface area (Å²) >= 11 is 5.20. The van der Waals surface area contributed by atoms with Crippen molar-refractivity contribution >= 4 is 38.5 Å². The predicted octanol–water partition coefficient (Wildman–Crippen LogP) is 4.56. The van der Waals surface area contributed by atoms with Crippen LogP contribution in [-0.2, 0) is 0 Å². The van der Waals surface area contributed by atoms with Gasteiger partial charge in [0.25, 0.3) is 0 Å². The maximum absolute atomic E-state index is 4.70. The van der Waals surface area contributed by atoms with E-state index >= 15 is 0 Å². The van der Waals surface area contributed by atoms with Gasteiger partial charge in [-0.25, -0.2) is 4.98 Å². The lowest BCUT2D eigenvalue weighted by Crippen LogP contribution is -2.07. The molecule has 0 aliphatic carbocycles. The molecule has 0 spiro atoms. The highest BCUT2D eigenvalue weighted by Gasteiger charge is 2.23. The minimum Gasteiger partial charge on any atom is -0.574 e. The zero-order valence-electron chi connectivity index (χ0n) is 12.5. The molecule has 1 atom stereocenters. The fraction of sp³-hybridized carbons (Fsp3) is 0.267. The Morgan fingerprint density at radius 3 is 3.09 bits per heavy atom. The number of thiazole rings is 1. The third-order valence-electron chi connectivity index (χ3n) is 3.41. The van der Waals surface area contributed by atoms with Gasteiger partial charge in [0, 0.05) is 11.4 Å². The van der Waals surface area contributed by atoms with Crippen LogP contribution in [0.3, 0.4) is 0 Å². The molecular weight excluding hydrogens is 362 g/mol. The minimum atomic E-state index is 0.0891. The lowest BCUT2D eigenvalue weighted by atomic mass is 10.1. The van der Waals surface area contributed by atoms with Gasteiger partial charge < -0.3 is 21.3 Å². The van der Waals surface area contributed by atoms with E-state index in [1.807, 2.05) is 36.4 Å². The first-order chi connectivity index (χ1) is 10.7. The number of nitrogens with one attached hydrogen (secondary N) is 1. The number of nitrogens with zero attached hydrogens (tertiary/aromatic N) is 4. The van der Waals surface area contributed by atoms with Crippen LogP contribution in [0.25, 0.3) is 22.1 Å². The van der Waals surface area contributed by atoms with Crippen molar-refractivity contribution < 1.29 is 0 Å². The van der Waals surface area contributed by atoms with Crippen LogP contribution in [0.2, 0.25) is 0 Å². The second-order valence-electron chi connectivity index (χ2n) is 4.81. The minimum absolute atomic E-state index is 0.0891. The van der Waals surface area contributed by atoms with Crippen molar-refractivity contribution in [3.8, 4) is 0 Å². The molecule has 0 bridgehead atoms. The van der Waals surface area contributed by atoms with E-state index in [4.69, 9.17) is 4.98 Å².